The van der Waals surface area contributed by atoms with Gasteiger partial charge in [0, 0.05) is 31.7 Å². The van der Waals surface area contributed by atoms with Crippen molar-refractivity contribution in [2.75, 3.05) is 25.0 Å². The molecule has 0 unspecified atom stereocenters. The van der Waals surface area contributed by atoms with Gasteiger partial charge in [0.25, 0.3) is 0 Å². The molecule has 1 aromatic carbocycles. The molecular weight excluding hydrogens is 316 g/mol. The van der Waals surface area contributed by atoms with Gasteiger partial charge in [0.15, 0.2) is 0 Å². The number of anilines is 1. The molecule has 0 bridgehead atoms. The van der Waals surface area contributed by atoms with Crippen LogP contribution in [0.15, 0.2) is 42.7 Å². The lowest BCUT2D eigenvalue weighted by atomic mass is 10.1. The van der Waals surface area contributed by atoms with E-state index < -0.39 is 6.04 Å². The Bertz CT molecular complexity index is 742. The van der Waals surface area contributed by atoms with Crippen molar-refractivity contribution in [1.29, 1.82) is 0 Å². The first-order chi connectivity index (χ1) is 12.1. The third-order valence-corrected chi connectivity index (χ3v) is 4.69. The molecule has 1 aliphatic rings. The number of aromatic nitrogens is 2. The molecule has 0 aliphatic carbocycles. The third kappa shape index (κ3) is 3.73. The van der Waals surface area contributed by atoms with Gasteiger partial charge < -0.3 is 9.80 Å². The highest BCUT2D eigenvalue weighted by atomic mass is 16.2. The van der Waals surface area contributed by atoms with Crippen LogP contribution in [0, 0.1) is 0 Å². The van der Waals surface area contributed by atoms with Crippen molar-refractivity contribution in [3.8, 4) is 0 Å². The van der Waals surface area contributed by atoms with Gasteiger partial charge >= 0.3 is 0 Å². The maximum Gasteiger partial charge on any atom is 0.247 e. The van der Waals surface area contributed by atoms with Crippen LogP contribution in [0.3, 0.4) is 0 Å². The smallest absolute Gasteiger partial charge is 0.247 e. The molecule has 1 aromatic heterocycles. The first kappa shape index (κ1) is 17.2. The molecule has 0 saturated heterocycles. The molecule has 0 N–H and O–H groups in total. The predicted molar refractivity (Wildman–Crippen MR) is 96.3 cm³/mol. The molecule has 2 aromatic rings. The maximum atomic E-state index is 12.8. The van der Waals surface area contributed by atoms with Gasteiger partial charge in [-0.3, -0.25) is 14.3 Å². The molecule has 6 nitrogen and oxygen atoms in total. The summed E-state index contributed by atoms with van der Waals surface area (Å²) in [4.78, 5) is 28.7. The van der Waals surface area contributed by atoms with Crippen LogP contribution in [0.2, 0.25) is 0 Å². The van der Waals surface area contributed by atoms with Crippen molar-refractivity contribution in [2.24, 2.45) is 0 Å². The largest absolute Gasteiger partial charge is 0.335 e. The molecular formula is C19H24N4O2. The number of hydrogen-bond donors (Lipinski definition) is 0. The second-order valence-electron chi connectivity index (χ2n) is 6.49. The number of amides is 2. The van der Waals surface area contributed by atoms with Gasteiger partial charge in [-0.2, -0.15) is 5.10 Å². The molecule has 3 rings (SSSR count). The Morgan fingerprint density at radius 1 is 1.24 bits per heavy atom. The van der Waals surface area contributed by atoms with Crippen LogP contribution >= 0.6 is 0 Å². The van der Waals surface area contributed by atoms with E-state index in [0.717, 1.165) is 24.9 Å². The van der Waals surface area contributed by atoms with E-state index in [4.69, 9.17) is 0 Å². The summed E-state index contributed by atoms with van der Waals surface area (Å²) < 4.78 is 1.60. The fraction of sp³-hybridized carbons (Fsp3) is 0.421. The molecule has 0 radical (unpaired) electrons. The maximum absolute atomic E-state index is 12.8. The Balaban J connectivity index is 1.70. The minimum Gasteiger partial charge on any atom is -0.335 e. The number of hydrogen-bond acceptors (Lipinski definition) is 3. The summed E-state index contributed by atoms with van der Waals surface area (Å²) in [7, 11) is 1.67. The molecule has 25 heavy (non-hydrogen) atoms. The summed E-state index contributed by atoms with van der Waals surface area (Å²) in [6, 6.07) is 9.39. The Morgan fingerprint density at radius 3 is 2.80 bits per heavy atom. The van der Waals surface area contributed by atoms with E-state index in [1.54, 1.807) is 37.1 Å². The van der Waals surface area contributed by atoms with Crippen molar-refractivity contribution >= 4 is 17.5 Å². The van der Waals surface area contributed by atoms with Gasteiger partial charge in [-0.1, -0.05) is 18.2 Å². The Hall–Kier alpha value is -2.63. The van der Waals surface area contributed by atoms with Crippen LogP contribution in [0.25, 0.3) is 0 Å². The first-order valence-corrected chi connectivity index (χ1v) is 8.70. The van der Waals surface area contributed by atoms with Gasteiger partial charge in [-0.05, 0) is 43.9 Å². The molecule has 2 heterocycles. The van der Waals surface area contributed by atoms with Gasteiger partial charge in [0.2, 0.25) is 11.8 Å². The van der Waals surface area contributed by atoms with E-state index in [2.05, 4.69) is 11.2 Å². The van der Waals surface area contributed by atoms with Crippen LogP contribution in [0.4, 0.5) is 5.69 Å². The molecule has 6 heteroatoms. The second kappa shape index (κ2) is 7.51. The minimum absolute atomic E-state index is 0.0436. The number of likely N-dealkylation sites (N-methyl/N-ethyl adjacent to an activating group) is 1. The van der Waals surface area contributed by atoms with E-state index in [0.29, 0.717) is 6.54 Å². The Labute approximate surface area is 148 Å². The van der Waals surface area contributed by atoms with Gasteiger partial charge in [-0.25, -0.2) is 0 Å². The van der Waals surface area contributed by atoms with Crippen molar-refractivity contribution in [3.05, 3.63) is 48.3 Å². The highest BCUT2D eigenvalue weighted by Gasteiger charge is 2.25. The van der Waals surface area contributed by atoms with Crippen molar-refractivity contribution in [1.82, 2.24) is 14.7 Å². The average Bonchev–Trinajstić information content (AvgIpc) is 3.07. The Morgan fingerprint density at radius 2 is 2.04 bits per heavy atom. The van der Waals surface area contributed by atoms with Crippen LogP contribution in [0.5, 0.6) is 0 Å². The van der Waals surface area contributed by atoms with Gasteiger partial charge in [0.05, 0.1) is 6.54 Å². The minimum atomic E-state index is -0.427. The summed E-state index contributed by atoms with van der Waals surface area (Å²) in [5.74, 6) is -0.168. The molecule has 1 atom stereocenters. The highest BCUT2D eigenvalue weighted by molar-refractivity contribution is 5.97. The van der Waals surface area contributed by atoms with E-state index in [1.807, 2.05) is 23.1 Å². The van der Waals surface area contributed by atoms with Crippen molar-refractivity contribution < 1.29 is 9.59 Å². The van der Waals surface area contributed by atoms with Crippen molar-refractivity contribution in [2.45, 2.75) is 32.2 Å². The second-order valence-corrected chi connectivity index (χ2v) is 6.49. The average molecular weight is 340 g/mol. The SMILES string of the molecule is C[C@H](C(=O)N(C)CC(=O)N1CCCCc2ccccc21)n1cccn1. The zero-order valence-corrected chi connectivity index (χ0v) is 14.8. The zero-order valence-electron chi connectivity index (χ0n) is 14.8. The standard InChI is InChI=1S/C19H24N4O2/c1-15(23-13-7-11-20-23)19(25)21(2)14-18(24)22-12-6-5-9-16-8-3-4-10-17(16)22/h3-4,7-8,10-11,13,15H,5-6,9,12,14H2,1-2H3/t15-/m1/s1. The van der Waals surface area contributed by atoms with Crippen LogP contribution in [-0.4, -0.2) is 46.6 Å². The number of benzene rings is 1. The molecule has 132 valence electrons. The van der Waals surface area contributed by atoms with E-state index in [-0.39, 0.29) is 18.4 Å². The molecule has 2 amide bonds. The third-order valence-electron chi connectivity index (χ3n) is 4.69. The predicted octanol–water partition coefficient (Wildman–Crippen LogP) is 2.27. The van der Waals surface area contributed by atoms with Gasteiger partial charge in [0.1, 0.15) is 6.04 Å². The van der Waals surface area contributed by atoms with Crippen molar-refractivity contribution in [3.63, 3.8) is 0 Å². The number of fused-ring (bicyclic) bond motifs is 1. The molecule has 1 aliphatic heterocycles. The number of rotatable bonds is 4. The number of carbonyl (C=O) groups excluding carboxylic acids is 2. The topological polar surface area (TPSA) is 58.4 Å². The summed E-state index contributed by atoms with van der Waals surface area (Å²) in [6.07, 6.45) is 6.44. The Kier molecular flexibility index (Phi) is 5.16. The number of nitrogens with zero attached hydrogens (tertiary/aromatic N) is 4. The van der Waals surface area contributed by atoms with E-state index in [1.165, 1.54) is 10.5 Å². The van der Waals surface area contributed by atoms with Crippen LogP contribution in [0.1, 0.15) is 31.4 Å². The van der Waals surface area contributed by atoms with E-state index >= 15 is 0 Å². The normalized spacial score (nSPS) is 15.2. The summed E-state index contributed by atoms with van der Waals surface area (Å²) in [5, 5.41) is 4.10. The fourth-order valence-electron chi connectivity index (χ4n) is 3.26. The zero-order chi connectivity index (χ0) is 17.8. The number of para-hydroxylation sites is 1. The van der Waals surface area contributed by atoms with Crippen LogP contribution < -0.4 is 4.90 Å². The van der Waals surface area contributed by atoms with Crippen LogP contribution in [-0.2, 0) is 16.0 Å². The number of carbonyl (C=O) groups is 2. The summed E-state index contributed by atoms with van der Waals surface area (Å²) >= 11 is 0. The highest BCUT2D eigenvalue weighted by Crippen LogP contribution is 2.26. The number of aryl methyl sites for hydroxylation is 1. The quantitative estimate of drug-likeness (QED) is 0.858. The van der Waals surface area contributed by atoms with Gasteiger partial charge in [-0.15, -0.1) is 0 Å². The summed E-state index contributed by atoms with van der Waals surface area (Å²) in [5.41, 5.74) is 2.18. The molecule has 0 spiro atoms. The molecule has 0 fully saturated rings. The fourth-order valence-corrected chi connectivity index (χ4v) is 3.26. The lowest BCUT2D eigenvalue weighted by Gasteiger charge is -2.27. The lowest BCUT2D eigenvalue weighted by molar-refractivity contribution is -0.136. The lowest BCUT2D eigenvalue weighted by Crippen LogP contribution is -2.43. The van der Waals surface area contributed by atoms with E-state index in [9.17, 15) is 9.59 Å². The monoisotopic (exact) mass is 340 g/mol. The first-order valence-electron chi connectivity index (χ1n) is 8.70. The molecule has 0 saturated carbocycles. The summed E-state index contributed by atoms with van der Waals surface area (Å²) in [6.45, 7) is 2.56.